The molecule has 2 atom stereocenters. The predicted molar refractivity (Wildman–Crippen MR) is 52.2 cm³/mol. The van der Waals surface area contributed by atoms with E-state index in [1.165, 1.54) is 0 Å². The molecule has 0 radical (unpaired) electrons. The lowest BCUT2D eigenvalue weighted by Gasteiger charge is -2.31. The van der Waals surface area contributed by atoms with Crippen LogP contribution in [0.3, 0.4) is 0 Å². The molecule has 0 aromatic rings. The van der Waals surface area contributed by atoms with Crippen molar-refractivity contribution in [1.82, 2.24) is 4.90 Å². The number of likely N-dealkylation sites (tertiary alicyclic amines) is 1. The number of alkyl halides is 3. The van der Waals surface area contributed by atoms with Gasteiger partial charge in [-0.05, 0) is 18.8 Å². The molecule has 1 fully saturated rings. The van der Waals surface area contributed by atoms with Crippen molar-refractivity contribution in [3.05, 3.63) is 0 Å². The van der Waals surface area contributed by atoms with E-state index in [-0.39, 0.29) is 18.8 Å². The van der Waals surface area contributed by atoms with Gasteiger partial charge in [-0.2, -0.15) is 13.2 Å². The summed E-state index contributed by atoms with van der Waals surface area (Å²) in [4.78, 5) is 22.6. The number of carboxylic acids is 1. The van der Waals surface area contributed by atoms with Crippen LogP contribution in [0.1, 0.15) is 26.7 Å². The van der Waals surface area contributed by atoms with E-state index in [1.807, 2.05) is 0 Å². The lowest BCUT2D eigenvalue weighted by atomic mass is 10.0. The van der Waals surface area contributed by atoms with Crippen LogP contribution in [-0.2, 0) is 9.59 Å². The number of halogens is 3. The van der Waals surface area contributed by atoms with E-state index in [2.05, 4.69) is 0 Å². The number of hydrogen-bond donors (Lipinski definition) is 1. The van der Waals surface area contributed by atoms with E-state index >= 15 is 0 Å². The molecular formula is C10H14F3NO3. The highest BCUT2D eigenvalue weighted by Gasteiger charge is 2.51. The Balaban J connectivity index is 3.02. The first-order valence-electron chi connectivity index (χ1n) is 5.28. The summed E-state index contributed by atoms with van der Waals surface area (Å²) in [5, 5.41) is 8.84. The maximum absolute atomic E-state index is 12.4. The van der Waals surface area contributed by atoms with Crippen LogP contribution in [0.15, 0.2) is 0 Å². The second-order valence-corrected chi connectivity index (χ2v) is 4.45. The van der Waals surface area contributed by atoms with Gasteiger partial charge in [0.25, 0.3) is 0 Å². The maximum atomic E-state index is 12.4. The second kappa shape index (κ2) is 4.54. The summed E-state index contributed by atoms with van der Waals surface area (Å²) in [7, 11) is 0. The van der Waals surface area contributed by atoms with E-state index in [0.717, 1.165) is 0 Å². The Morgan fingerprint density at radius 3 is 2.18 bits per heavy atom. The number of amides is 1. The minimum absolute atomic E-state index is 0.0694. The van der Waals surface area contributed by atoms with Crippen LogP contribution >= 0.6 is 0 Å². The van der Waals surface area contributed by atoms with Gasteiger partial charge in [0.15, 0.2) is 0 Å². The molecule has 1 aliphatic heterocycles. The highest BCUT2D eigenvalue weighted by Crippen LogP contribution is 2.33. The first-order chi connectivity index (χ1) is 7.66. The van der Waals surface area contributed by atoms with Crippen LogP contribution in [0, 0.1) is 5.92 Å². The molecule has 1 amide bonds. The molecule has 1 saturated heterocycles. The Morgan fingerprint density at radius 1 is 1.29 bits per heavy atom. The van der Waals surface area contributed by atoms with E-state index in [0.29, 0.717) is 4.90 Å². The second-order valence-electron chi connectivity index (χ2n) is 4.45. The quantitative estimate of drug-likeness (QED) is 0.814. The molecular weight excluding hydrogens is 239 g/mol. The lowest BCUT2D eigenvalue weighted by Crippen LogP contribution is -2.51. The first-order valence-corrected chi connectivity index (χ1v) is 5.28. The summed E-state index contributed by atoms with van der Waals surface area (Å²) >= 11 is 0. The zero-order chi connectivity index (χ0) is 13.4. The van der Waals surface area contributed by atoms with Crippen LogP contribution in [0.5, 0.6) is 0 Å². The van der Waals surface area contributed by atoms with Crippen molar-refractivity contribution in [2.45, 2.75) is 44.9 Å². The average Bonchev–Trinajstić information content (AvgIpc) is 2.58. The summed E-state index contributed by atoms with van der Waals surface area (Å²) < 4.78 is 37.2. The van der Waals surface area contributed by atoms with Crippen LogP contribution in [-0.4, -0.2) is 40.1 Å². The fourth-order valence-corrected chi connectivity index (χ4v) is 2.17. The van der Waals surface area contributed by atoms with Gasteiger partial charge in [0.1, 0.15) is 6.04 Å². The highest BCUT2D eigenvalue weighted by molar-refractivity contribution is 5.88. The molecule has 4 nitrogen and oxygen atoms in total. The van der Waals surface area contributed by atoms with Gasteiger partial charge in [0.05, 0.1) is 0 Å². The molecule has 98 valence electrons. The predicted octanol–water partition coefficient (Wildman–Crippen LogP) is 1.65. The third kappa shape index (κ3) is 2.70. The smallest absolute Gasteiger partial charge is 0.471 e. The third-order valence-electron chi connectivity index (χ3n) is 2.96. The number of carboxylic acid groups (broad SMARTS) is 1. The highest BCUT2D eigenvalue weighted by atomic mass is 19.4. The standard InChI is InChI=1S/C10H14F3NO3/c1-5(2)6-3-4-7(8(15)16)14(6)9(17)10(11,12)13/h5-7H,3-4H2,1-2H3,(H,15,16)/t6-,7-/m0/s1. The summed E-state index contributed by atoms with van der Waals surface area (Å²) in [6.45, 7) is 3.34. The summed E-state index contributed by atoms with van der Waals surface area (Å²) in [6.07, 6.45) is -4.67. The Kier molecular flexibility index (Phi) is 3.68. The first kappa shape index (κ1) is 13.8. The van der Waals surface area contributed by atoms with Crippen molar-refractivity contribution in [2.75, 3.05) is 0 Å². The molecule has 0 aromatic carbocycles. The van der Waals surface area contributed by atoms with Crippen molar-refractivity contribution in [2.24, 2.45) is 5.92 Å². The summed E-state index contributed by atoms with van der Waals surface area (Å²) in [6, 6.07) is -2.03. The van der Waals surface area contributed by atoms with Gasteiger partial charge in [-0.1, -0.05) is 13.8 Å². The fraction of sp³-hybridized carbons (Fsp3) is 0.800. The summed E-state index contributed by atoms with van der Waals surface area (Å²) in [5.41, 5.74) is 0. The van der Waals surface area contributed by atoms with Crippen molar-refractivity contribution >= 4 is 11.9 Å². The van der Waals surface area contributed by atoms with E-state index in [1.54, 1.807) is 13.8 Å². The molecule has 0 saturated carbocycles. The van der Waals surface area contributed by atoms with E-state index in [9.17, 15) is 22.8 Å². The van der Waals surface area contributed by atoms with Crippen LogP contribution in [0.25, 0.3) is 0 Å². The van der Waals surface area contributed by atoms with Crippen molar-refractivity contribution in [3.8, 4) is 0 Å². The van der Waals surface area contributed by atoms with Crippen LogP contribution in [0.4, 0.5) is 13.2 Å². The van der Waals surface area contributed by atoms with Crippen molar-refractivity contribution in [1.29, 1.82) is 0 Å². The van der Waals surface area contributed by atoms with Crippen LogP contribution in [0.2, 0.25) is 0 Å². The zero-order valence-electron chi connectivity index (χ0n) is 9.49. The van der Waals surface area contributed by atoms with Gasteiger partial charge in [-0.3, -0.25) is 4.79 Å². The van der Waals surface area contributed by atoms with Gasteiger partial charge in [-0.15, -0.1) is 0 Å². The molecule has 7 heteroatoms. The molecule has 0 spiro atoms. The monoisotopic (exact) mass is 253 g/mol. The molecule has 0 unspecified atom stereocenters. The minimum Gasteiger partial charge on any atom is -0.480 e. The Bertz CT molecular complexity index is 327. The number of nitrogens with zero attached hydrogens (tertiary/aromatic N) is 1. The summed E-state index contributed by atoms with van der Waals surface area (Å²) in [5.74, 6) is -3.64. The average molecular weight is 253 g/mol. The third-order valence-corrected chi connectivity index (χ3v) is 2.96. The van der Waals surface area contributed by atoms with Crippen LogP contribution < -0.4 is 0 Å². The largest absolute Gasteiger partial charge is 0.480 e. The molecule has 1 aliphatic rings. The van der Waals surface area contributed by atoms with Gasteiger partial charge in [-0.25, -0.2) is 4.79 Å². The van der Waals surface area contributed by atoms with Crippen molar-refractivity contribution < 1.29 is 27.9 Å². The minimum atomic E-state index is -5.02. The number of rotatable bonds is 2. The number of carbonyl (C=O) groups is 2. The fourth-order valence-electron chi connectivity index (χ4n) is 2.17. The van der Waals surface area contributed by atoms with Gasteiger partial charge >= 0.3 is 18.1 Å². The normalized spacial score (nSPS) is 25.4. The molecule has 0 bridgehead atoms. The zero-order valence-corrected chi connectivity index (χ0v) is 9.49. The maximum Gasteiger partial charge on any atom is 0.471 e. The van der Waals surface area contributed by atoms with Gasteiger partial charge in [0.2, 0.25) is 0 Å². The van der Waals surface area contributed by atoms with Crippen molar-refractivity contribution in [3.63, 3.8) is 0 Å². The number of hydrogen-bond acceptors (Lipinski definition) is 2. The number of carbonyl (C=O) groups excluding carboxylic acids is 1. The molecule has 1 heterocycles. The van der Waals surface area contributed by atoms with Gasteiger partial charge in [0, 0.05) is 6.04 Å². The molecule has 0 aliphatic carbocycles. The topological polar surface area (TPSA) is 57.6 Å². The molecule has 1 rings (SSSR count). The Hall–Kier alpha value is -1.27. The SMILES string of the molecule is CC(C)[C@@H]1CC[C@@H](C(=O)O)N1C(=O)C(F)(F)F. The molecule has 1 N–H and O–H groups in total. The van der Waals surface area contributed by atoms with Gasteiger partial charge < -0.3 is 10.0 Å². The lowest BCUT2D eigenvalue weighted by molar-refractivity contribution is -0.191. The molecule has 0 aromatic heterocycles. The Morgan fingerprint density at radius 2 is 1.82 bits per heavy atom. The Labute approximate surface area is 96.4 Å². The van der Waals surface area contributed by atoms with E-state index < -0.39 is 30.1 Å². The van der Waals surface area contributed by atoms with E-state index in [4.69, 9.17) is 5.11 Å². The number of aliphatic carboxylic acids is 1. The molecule has 17 heavy (non-hydrogen) atoms.